The Morgan fingerprint density at radius 3 is 2.52 bits per heavy atom. The molecule has 0 spiro atoms. The highest BCUT2D eigenvalue weighted by Crippen LogP contribution is 2.23. The molecule has 7 heteroatoms. The first-order valence-electron chi connectivity index (χ1n) is 10.2. The van der Waals surface area contributed by atoms with Gasteiger partial charge in [0.15, 0.2) is 6.61 Å². The molecule has 0 aliphatic heterocycles. The molecule has 166 valence electrons. The zero-order valence-electron chi connectivity index (χ0n) is 18.1. The summed E-state index contributed by atoms with van der Waals surface area (Å²) in [6.45, 7) is 0.108. The molecule has 33 heavy (non-hydrogen) atoms. The van der Waals surface area contributed by atoms with E-state index in [4.69, 9.17) is 9.47 Å². The Morgan fingerprint density at radius 2 is 1.76 bits per heavy atom. The van der Waals surface area contributed by atoms with E-state index in [1.54, 1.807) is 48.5 Å². The SMILES string of the molecule is COc1ccccc1NC(=O)COc1cccc(C=C(C#N)C(=O)NCc2ccccc2)c1. The molecule has 3 rings (SSSR count). The van der Waals surface area contributed by atoms with E-state index < -0.39 is 5.91 Å². The zero-order valence-corrected chi connectivity index (χ0v) is 18.1. The van der Waals surface area contributed by atoms with Crippen LogP contribution < -0.4 is 20.1 Å². The Balaban J connectivity index is 1.59. The van der Waals surface area contributed by atoms with Gasteiger partial charge in [-0.05, 0) is 41.5 Å². The number of carbonyl (C=O) groups excluding carboxylic acids is 2. The lowest BCUT2D eigenvalue weighted by Gasteiger charge is -2.11. The molecule has 2 amide bonds. The van der Waals surface area contributed by atoms with Gasteiger partial charge in [-0.3, -0.25) is 9.59 Å². The molecule has 0 heterocycles. The van der Waals surface area contributed by atoms with Crippen LogP contribution in [0.2, 0.25) is 0 Å². The van der Waals surface area contributed by atoms with Gasteiger partial charge in [0.1, 0.15) is 23.1 Å². The highest BCUT2D eigenvalue weighted by molar-refractivity contribution is 6.01. The number of nitrogens with one attached hydrogen (secondary N) is 2. The summed E-state index contributed by atoms with van der Waals surface area (Å²) >= 11 is 0. The van der Waals surface area contributed by atoms with Crippen LogP contribution in [0, 0.1) is 11.3 Å². The molecule has 0 atom stereocenters. The Labute approximate surface area is 192 Å². The number of nitrogens with zero attached hydrogens (tertiary/aromatic N) is 1. The fraction of sp³-hybridized carbons (Fsp3) is 0.115. The molecule has 0 aromatic heterocycles. The highest BCUT2D eigenvalue weighted by Gasteiger charge is 2.10. The first kappa shape index (κ1) is 23.1. The third-order valence-corrected chi connectivity index (χ3v) is 4.58. The number of ether oxygens (including phenoxy) is 2. The molecule has 3 aromatic rings. The van der Waals surface area contributed by atoms with Crippen molar-refractivity contribution < 1.29 is 19.1 Å². The van der Waals surface area contributed by atoms with Crippen molar-refractivity contribution >= 4 is 23.6 Å². The molecule has 0 aliphatic carbocycles. The van der Waals surface area contributed by atoms with Gasteiger partial charge in [-0.1, -0.05) is 54.6 Å². The molecule has 3 aromatic carbocycles. The second-order valence-corrected chi connectivity index (χ2v) is 6.95. The second kappa shape index (κ2) is 11.7. The first-order valence-corrected chi connectivity index (χ1v) is 10.2. The van der Waals surface area contributed by atoms with Crippen molar-refractivity contribution in [3.8, 4) is 17.6 Å². The second-order valence-electron chi connectivity index (χ2n) is 6.95. The molecular formula is C26H23N3O4. The number of hydrogen-bond donors (Lipinski definition) is 2. The highest BCUT2D eigenvalue weighted by atomic mass is 16.5. The summed E-state index contributed by atoms with van der Waals surface area (Å²) in [4.78, 5) is 24.6. The number of hydrogen-bond acceptors (Lipinski definition) is 5. The Morgan fingerprint density at radius 1 is 1.00 bits per heavy atom. The van der Waals surface area contributed by atoms with Crippen molar-refractivity contribution in [3.05, 3.63) is 95.6 Å². The lowest BCUT2D eigenvalue weighted by Crippen LogP contribution is -2.23. The third kappa shape index (κ3) is 6.97. The van der Waals surface area contributed by atoms with Crippen LogP contribution in [-0.2, 0) is 16.1 Å². The number of methoxy groups -OCH3 is 1. The van der Waals surface area contributed by atoms with E-state index in [2.05, 4.69) is 10.6 Å². The molecule has 0 radical (unpaired) electrons. The van der Waals surface area contributed by atoms with E-state index in [0.717, 1.165) is 5.56 Å². The fourth-order valence-corrected chi connectivity index (χ4v) is 2.97. The number of nitriles is 1. The maximum atomic E-state index is 12.4. The fourth-order valence-electron chi connectivity index (χ4n) is 2.97. The van der Waals surface area contributed by atoms with Crippen LogP contribution in [0.15, 0.2) is 84.4 Å². The molecule has 0 fully saturated rings. The van der Waals surface area contributed by atoms with Crippen LogP contribution >= 0.6 is 0 Å². The van der Waals surface area contributed by atoms with Crippen LogP contribution in [0.25, 0.3) is 6.08 Å². The van der Waals surface area contributed by atoms with Crippen molar-refractivity contribution in [1.29, 1.82) is 5.26 Å². The Kier molecular flexibility index (Phi) is 8.21. The Bertz CT molecular complexity index is 1180. The average molecular weight is 441 g/mol. The monoisotopic (exact) mass is 441 g/mol. The Hall–Kier alpha value is -4.57. The number of amides is 2. The summed E-state index contributed by atoms with van der Waals surface area (Å²) in [5.74, 6) is 0.163. The normalized spacial score (nSPS) is 10.6. The maximum Gasteiger partial charge on any atom is 0.262 e. The van der Waals surface area contributed by atoms with Gasteiger partial charge in [0.25, 0.3) is 11.8 Å². The molecule has 0 saturated carbocycles. The van der Waals surface area contributed by atoms with Gasteiger partial charge in [-0.15, -0.1) is 0 Å². The number of para-hydroxylation sites is 2. The van der Waals surface area contributed by atoms with Gasteiger partial charge < -0.3 is 20.1 Å². The maximum absolute atomic E-state index is 12.4. The average Bonchev–Trinajstić information content (AvgIpc) is 2.86. The minimum absolute atomic E-state index is 0.0306. The van der Waals surface area contributed by atoms with E-state index >= 15 is 0 Å². The molecule has 0 bridgehead atoms. The first-order chi connectivity index (χ1) is 16.1. The third-order valence-electron chi connectivity index (χ3n) is 4.58. The predicted molar refractivity (Wildman–Crippen MR) is 125 cm³/mol. The lowest BCUT2D eigenvalue weighted by atomic mass is 10.1. The summed E-state index contributed by atoms with van der Waals surface area (Å²) in [5, 5.41) is 14.9. The summed E-state index contributed by atoms with van der Waals surface area (Å²) in [6.07, 6.45) is 1.47. The van der Waals surface area contributed by atoms with Crippen LogP contribution in [0.5, 0.6) is 11.5 Å². The van der Waals surface area contributed by atoms with Crippen LogP contribution in [0.1, 0.15) is 11.1 Å². The largest absolute Gasteiger partial charge is 0.495 e. The number of anilines is 1. The van der Waals surface area contributed by atoms with Gasteiger partial charge in [-0.25, -0.2) is 0 Å². The topological polar surface area (TPSA) is 100 Å². The van der Waals surface area contributed by atoms with E-state index in [0.29, 0.717) is 29.3 Å². The van der Waals surface area contributed by atoms with Gasteiger partial charge in [0.05, 0.1) is 12.8 Å². The molecule has 0 unspecified atom stereocenters. The van der Waals surface area contributed by atoms with E-state index in [9.17, 15) is 14.9 Å². The van der Waals surface area contributed by atoms with Gasteiger partial charge >= 0.3 is 0 Å². The standard InChI is InChI=1S/C26H23N3O4/c1-32-24-13-6-5-12-23(24)29-25(30)18-33-22-11-7-10-20(15-22)14-21(16-27)26(31)28-17-19-8-3-2-4-9-19/h2-15H,17-18H2,1H3,(H,28,31)(H,29,30). The van der Waals surface area contributed by atoms with Crippen LogP contribution in [0.4, 0.5) is 5.69 Å². The summed E-state index contributed by atoms with van der Waals surface area (Å²) in [7, 11) is 1.53. The number of carbonyl (C=O) groups is 2. The molecule has 7 nitrogen and oxygen atoms in total. The molecule has 0 aliphatic rings. The predicted octanol–water partition coefficient (Wildman–Crippen LogP) is 3.94. The molecule has 0 saturated heterocycles. The van der Waals surface area contributed by atoms with E-state index in [1.165, 1.54) is 13.2 Å². The quantitative estimate of drug-likeness (QED) is 0.387. The van der Waals surface area contributed by atoms with Crippen molar-refractivity contribution in [2.45, 2.75) is 6.54 Å². The number of rotatable bonds is 9. The van der Waals surface area contributed by atoms with Crippen LogP contribution in [0.3, 0.4) is 0 Å². The number of benzene rings is 3. The summed E-state index contributed by atoms with van der Waals surface area (Å²) in [5.41, 5.74) is 2.05. The van der Waals surface area contributed by atoms with Crippen LogP contribution in [-0.4, -0.2) is 25.5 Å². The molecular weight excluding hydrogens is 418 g/mol. The van der Waals surface area contributed by atoms with Gasteiger partial charge in [0.2, 0.25) is 0 Å². The summed E-state index contributed by atoms with van der Waals surface area (Å²) in [6, 6.07) is 25.2. The summed E-state index contributed by atoms with van der Waals surface area (Å²) < 4.78 is 10.8. The lowest BCUT2D eigenvalue weighted by molar-refractivity contribution is -0.118. The minimum atomic E-state index is -0.469. The van der Waals surface area contributed by atoms with Crippen molar-refractivity contribution in [2.75, 3.05) is 19.0 Å². The van der Waals surface area contributed by atoms with Crippen molar-refractivity contribution in [2.24, 2.45) is 0 Å². The van der Waals surface area contributed by atoms with Crippen molar-refractivity contribution in [3.63, 3.8) is 0 Å². The van der Waals surface area contributed by atoms with E-state index in [1.807, 2.05) is 36.4 Å². The van der Waals surface area contributed by atoms with E-state index in [-0.39, 0.29) is 18.1 Å². The smallest absolute Gasteiger partial charge is 0.262 e. The molecule has 2 N–H and O–H groups in total. The van der Waals surface area contributed by atoms with Crippen molar-refractivity contribution in [1.82, 2.24) is 5.32 Å². The van der Waals surface area contributed by atoms with Gasteiger partial charge in [-0.2, -0.15) is 5.26 Å². The van der Waals surface area contributed by atoms with Gasteiger partial charge in [0, 0.05) is 6.54 Å². The zero-order chi connectivity index (χ0) is 23.5. The minimum Gasteiger partial charge on any atom is -0.495 e.